The van der Waals surface area contributed by atoms with E-state index < -0.39 is 5.41 Å². The highest BCUT2D eigenvalue weighted by Crippen LogP contribution is 2.52. The quantitative estimate of drug-likeness (QED) is 0.730. The molecule has 0 unspecified atom stereocenters. The van der Waals surface area contributed by atoms with Gasteiger partial charge >= 0.3 is 0 Å². The number of likely N-dealkylation sites (N-methyl/N-ethyl adjacent to an activating group) is 1. The number of amides is 2. The molecule has 3 aliphatic heterocycles. The summed E-state index contributed by atoms with van der Waals surface area (Å²) in [6, 6.07) is 2.08. The van der Waals surface area contributed by atoms with Gasteiger partial charge in [-0.25, -0.2) is 9.97 Å². The highest BCUT2D eigenvalue weighted by Gasteiger charge is 2.61. The number of fused-ring (bicyclic) bond motifs is 2. The van der Waals surface area contributed by atoms with Crippen LogP contribution in [0.4, 0.5) is 5.95 Å². The van der Waals surface area contributed by atoms with E-state index in [9.17, 15) is 9.59 Å². The van der Waals surface area contributed by atoms with E-state index in [0.717, 1.165) is 44.7 Å². The molecule has 0 spiro atoms. The monoisotopic (exact) mass is 400 g/mol. The van der Waals surface area contributed by atoms with E-state index in [1.165, 1.54) is 0 Å². The normalized spacial score (nSPS) is 29.0. The van der Waals surface area contributed by atoms with Crippen LogP contribution in [0.15, 0.2) is 18.5 Å². The Morgan fingerprint density at radius 1 is 1.14 bits per heavy atom. The van der Waals surface area contributed by atoms with Gasteiger partial charge in [0, 0.05) is 50.7 Å². The molecule has 2 bridgehead atoms. The zero-order chi connectivity index (χ0) is 20.6. The molecule has 29 heavy (non-hydrogen) atoms. The molecule has 1 aromatic heterocycles. The van der Waals surface area contributed by atoms with Crippen LogP contribution in [0.1, 0.15) is 32.6 Å². The van der Waals surface area contributed by atoms with Crippen LogP contribution in [0, 0.1) is 5.41 Å². The van der Waals surface area contributed by atoms with E-state index in [2.05, 4.69) is 26.7 Å². The van der Waals surface area contributed by atoms with Crippen molar-refractivity contribution in [2.45, 2.75) is 44.7 Å². The Hall–Kier alpha value is -2.22. The van der Waals surface area contributed by atoms with Gasteiger partial charge < -0.3 is 19.6 Å². The van der Waals surface area contributed by atoms with Gasteiger partial charge in [-0.2, -0.15) is 0 Å². The molecule has 1 aromatic rings. The van der Waals surface area contributed by atoms with Gasteiger partial charge in [0.1, 0.15) is 0 Å². The second kappa shape index (κ2) is 7.89. The first kappa shape index (κ1) is 20.1. The highest BCUT2D eigenvalue weighted by atomic mass is 16.2. The maximum atomic E-state index is 13.7. The molecule has 0 radical (unpaired) electrons. The topological polar surface area (TPSA) is 72.9 Å². The summed E-state index contributed by atoms with van der Waals surface area (Å²) in [6.45, 7) is 5.38. The maximum Gasteiger partial charge on any atom is 0.237 e. The molecule has 4 heterocycles. The van der Waals surface area contributed by atoms with Crippen molar-refractivity contribution in [3.05, 3.63) is 18.5 Å². The molecular formula is C21H32N6O2. The second-order valence-corrected chi connectivity index (χ2v) is 8.83. The zero-order valence-electron chi connectivity index (χ0n) is 17.8. The minimum atomic E-state index is -0.420. The third kappa shape index (κ3) is 3.47. The van der Waals surface area contributed by atoms with E-state index in [1.807, 2.05) is 30.0 Å². The smallest absolute Gasteiger partial charge is 0.237 e. The number of hydrogen-bond donors (Lipinski definition) is 0. The van der Waals surface area contributed by atoms with Gasteiger partial charge in [-0.15, -0.1) is 0 Å². The van der Waals surface area contributed by atoms with Crippen LogP contribution in [0.3, 0.4) is 0 Å². The molecule has 4 rings (SSSR count). The first-order valence-corrected chi connectivity index (χ1v) is 10.7. The summed E-state index contributed by atoms with van der Waals surface area (Å²) in [5.41, 5.74) is -0.420. The number of piperazine rings is 1. The molecule has 0 saturated carbocycles. The molecule has 3 saturated heterocycles. The molecule has 2 amide bonds. The molecule has 8 nitrogen and oxygen atoms in total. The molecular weight excluding hydrogens is 368 g/mol. The first-order chi connectivity index (χ1) is 14.0. The fourth-order valence-corrected chi connectivity index (χ4v) is 5.55. The SMILES string of the molecule is CC[C@]1(C(=O)N2CCN(c3ncccn3)CC2)C[C@H]2CC[C@@H]1N2C(=O)CN(C)C. The lowest BCUT2D eigenvalue weighted by Gasteiger charge is -2.42. The van der Waals surface area contributed by atoms with Crippen molar-refractivity contribution in [1.82, 2.24) is 24.7 Å². The summed E-state index contributed by atoms with van der Waals surface area (Å²) in [7, 11) is 3.84. The summed E-state index contributed by atoms with van der Waals surface area (Å²) >= 11 is 0. The summed E-state index contributed by atoms with van der Waals surface area (Å²) < 4.78 is 0. The first-order valence-electron chi connectivity index (χ1n) is 10.7. The third-order valence-corrected chi connectivity index (χ3v) is 6.94. The van der Waals surface area contributed by atoms with Crippen LogP contribution in [0.2, 0.25) is 0 Å². The Labute approximate surface area is 172 Å². The van der Waals surface area contributed by atoms with Crippen molar-refractivity contribution in [3.8, 4) is 0 Å². The Morgan fingerprint density at radius 3 is 2.45 bits per heavy atom. The van der Waals surface area contributed by atoms with E-state index in [4.69, 9.17) is 0 Å². The van der Waals surface area contributed by atoms with Crippen LogP contribution in [0.25, 0.3) is 0 Å². The maximum absolute atomic E-state index is 13.7. The summed E-state index contributed by atoms with van der Waals surface area (Å²) in [6.07, 6.45) is 7.08. The average molecular weight is 401 g/mol. The molecule has 3 fully saturated rings. The standard InChI is InChI=1S/C21H32N6O2/c1-4-21(14-16-6-7-17(21)27(16)18(28)15-24(2)3)19(29)25-10-12-26(13-11-25)20-22-8-5-9-23-20/h5,8-9,16-17H,4,6-7,10-15H2,1-3H3/t16-,17+,21+/m1/s1. The van der Waals surface area contributed by atoms with Crippen LogP contribution < -0.4 is 4.90 Å². The Morgan fingerprint density at radius 2 is 1.83 bits per heavy atom. The van der Waals surface area contributed by atoms with Gasteiger partial charge in [-0.3, -0.25) is 9.59 Å². The zero-order valence-corrected chi connectivity index (χ0v) is 17.8. The Balaban J connectivity index is 1.46. The Kier molecular flexibility index (Phi) is 5.46. The number of aromatic nitrogens is 2. The van der Waals surface area contributed by atoms with Gasteiger partial charge in [-0.1, -0.05) is 6.92 Å². The van der Waals surface area contributed by atoms with Gasteiger partial charge in [0.25, 0.3) is 0 Å². The Bertz CT molecular complexity index is 749. The van der Waals surface area contributed by atoms with Gasteiger partial charge in [-0.05, 0) is 45.8 Å². The van der Waals surface area contributed by atoms with E-state index in [-0.39, 0.29) is 23.9 Å². The molecule has 0 aliphatic carbocycles. The molecule has 3 atom stereocenters. The lowest BCUT2D eigenvalue weighted by atomic mass is 9.70. The molecule has 0 N–H and O–H groups in total. The van der Waals surface area contributed by atoms with Gasteiger partial charge in [0.15, 0.2) is 0 Å². The van der Waals surface area contributed by atoms with Crippen LogP contribution in [-0.4, -0.2) is 95.4 Å². The molecule has 158 valence electrons. The van der Waals surface area contributed by atoms with Crippen LogP contribution in [-0.2, 0) is 9.59 Å². The van der Waals surface area contributed by atoms with Crippen molar-refractivity contribution in [2.75, 3.05) is 51.7 Å². The van der Waals surface area contributed by atoms with Gasteiger partial charge in [0.2, 0.25) is 17.8 Å². The largest absolute Gasteiger partial charge is 0.339 e. The lowest BCUT2D eigenvalue weighted by Crippen LogP contribution is -2.56. The minimum absolute atomic E-state index is 0.0490. The number of nitrogens with zero attached hydrogens (tertiary/aromatic N) is 6. The van der Waals surface area contributed by atoms with Crippen LogP contribution in [0.5, 0.6) is 0 Å². The summed E-state index contributed by atoms with van der Waals surface area (Å²) in [5, 5.41) is 0. The summed E-state index contributed by atoms with van der Waals surface area (Å²) in [4.78, 5) is 43.3. The predicted molar refractivity (Wildman–Crippen MR) is 110 cm³/mol. The van der Waals surface area contributed by atoms with Crippen molar-refractivity contribution in [1.29, 1.82) is 0 Å². The van der Waals surface area contributed by atoms with Gasteiger partial charge in [0.05, 0.1) is 12.0 Å². The number of carbonyl (C=O) groups is 2. The fourth-order valence-electron chi connectivity index (χ4n) is 5.55. The number of hydrogen-bond acceptors (Lipinski definition) is 6. The van der Waals surface area contributed by atoms with E-state index >= 15 is 0 Å². The number of rotatable bonds is 5. The predicted octanol–water partition coefficient (Wildman–Crippen LogP) is 0.847. The van der Waals surface area contributed by atoms with E-state index in [0.29, 0.717) is 19.6 Å². The highest BCUT2D eigenvalue weighted by molar-refractivity contribution is 5.87. The van der Waals surface area contributed by atoms with Crippen molar-refractivity contribution in [3.63, 3.8) is 0 Å². The van der Waals surface area contributed by atoms with E-state index in [1.54, 1.807) is 12.4 Å². The second-order valence-electron chi connectivity index (χ2n) is 8.83. The number of anilines is 1. The molecule has 8 heteroatoms. The fraction of sp³-hybridized carbons (Fsp3) is 0.714. The minimum Gasteiger partial charge on any atom is -0.339 e. The summed E-state index contributed by atoms with van der Waals surface area (Å²) in [5.74, 6) is 1.13. The van der Waals surface area contributed by atoms with Crippen LogP contribution >= 0.6 is 0 Å². The third-order valence-electron chi connectivity index (χ3n) is 6.94. The average Bonchev–Trinajstić information content (AvgIpc) is 3.30. The molecule has 0 aromatic carbocycles. The lowest BCUT2D eigenvalue weighted by molar-refractivity contribution is -0.146. The van der Waals surface area contributed by atoms with Crippen molar-refractivity contribution >= 4 is 17.8 Å². The molecule has 3 aliphatic rings. The number of carbonyl (C=O) groups excluding carboxylic acids is 2. The van der Waals surface area contributed by atoms with Crippen molar-refractivity contribution < 1.29 is 9.59 Å². The van der Waals surface area contributed by atoms with Crippen molar-refractivity contribution in [2.24, 2.45) is 5.41 Å².